The molecule has 212 valence electrons. The Kier molecular flexibility index (Phi) is 10.4. The zero-order chi connectivity index (χ0) is 27.3. The second-order valence-electron chi connectivity index (χ2n) is 12.3. The molecule has 0 saturated heterocycles. The summed E-state index contributed by atoms with van der Waals surface area (Å²) in [6.07, 6.45) is 0. The van der Waals surface area contributed by atoms with Crippen LogP contribution in [-0.4, -0.2) is 0 Å². The van der Waals surface area contributed by atoms with E-state index >= 15 is 0 Å². The van der Waals surface area contributed by atoms with Crippen LogP contribution in [0.25, 0.3) is 43.8 Å². The third-order valence-corrected chi connectivity index (χ3v) is 8.67. The number of fused-ring (bicyclic) bond motifs is 2. The molecule has 0 aromatic heterocycles. The molecule has 0 atom stereocenters. The molecular weight excluding hydrogens is 671 g/mol. The number of benzene rings is 4. The minimum atomic E-state index is -0.119. The molecule has 0 fully saturated rings. The molecular formula is C41H44Hf. The topological polar surface area (TPSA) is 0 Å². The normalized spacial score (nSPS) is 11.4. The van der Waals surface area contributed by atoms with Gasteiger partial charge in [-0.05, 0) is 39.5 Å². The molecule has 6 rings (SSSR count). The maximum absolute atomic E-state index is 2.43. The van der Waals surface area contributed by atoms with Crippen LogP contribution >= 0.6 is 0 Å². The third-order valence-electron chi connectivity index (χ3n) is 8.67. The number of hydrogen-bond donors (Lipinski definition) is 0. The molecule has 0 unspecified atom stereocenters. The molecule has 0 nitrogen and oxygen atoms in total. The molecule has 42 heavy (non-hydrogen) atoms. The van der Waals surface area contributed by atoms with Crippen molar-refractivity contribution in [3.8, 4) is 22.3 Å². The van der Waals surface area contributed by atoms with E-state index in [1.165, 1.54) is 66.1 Å². The fraction of sp³-hybridized carbons (Fsp3) is 0.220. The molecule has 0 aliphatic carbocycles. The van der Waals surface area contributed by atoms with E-state index in [-0.39, 0.29) is 46.1 Å². The van der Waals surface area contributed by atoms with Gasteiger partial charge in [-0.2, -0.15) is 12.1 Å². The number of hydrogen-bond acceptors (Lipinski definition) is 0. The van der Waals surface area contributed by atoms with Crippen LogP contribution in [0.3, 0.4) is 0 Å². The molecule has 0 N–H and O–H groups in total. The van der Waals surface area contributed by atoms with Crippen LogP contribution in [0.2, 0.25) is 0 Å². The van der Waals surface area contributed by atoms with E-state index < -0.39 is 0 Å². The van der Waals surface area contributed by atoms with Crippen molar-refractivity contribution in [2.75, 3.05) is 0 Å². The van der Waals surface area contributed by atoms with E-state index in [0.717, 1.165) is 0 Å². The maximum atomic E-state index is 2.43. The standard InChI is InChI=1S/C39H38.2CH3.Hf/c1-25(2)27-11-7-13-29(19-27)35-17-9-15-31-21-33(23-37(31)35)39(5,6)34-22-32-16-10-18-36(38(32)24-34)30-14-8-12-28(20-30)26(3)4;;;/h7-26H,1-6H3;2*1H3;/q-2;2*-1;+4. The van der Waals surface area contributed by atoms with Gasteiger partial charge in [0.05, 0.1) is 0 Å². The van der Waals surface area contributed by atoms with Crippen molar-refractivity contribution in [2.45, 2.75) is 58.8 Å². The Hall–Kier alpha value is -3.03. The van der Waals surface area contributed by atoms with Crippen molar-refractivity contribution in [3.63, 3.8) is 0 Å². The average Bonchev–Trinajstić information content (AvgIpc) is 3.58. The summed E-state index contributed by atoms with van der Waals surface area (Å²) in [5.74, 6) is 1.03. The van der Waals surface area contributed by atoms with E-state index in [2.05, 4.69) is 151 Å². The van der Waals surface area contributed by atoms with Gasteiger partial charge < -0.3 is 14.9 Å². The molecule has 0 heterocycles. The van der Waals surface area contributed by atoms with E-state index in [9.17, 15) is 0 Å². The Morgan fingerprint density at radius 1 is 0.524 bits per heavy atom. The minimum Gasteiger partial charge on any atom is -0.358 e. The van der Waals surface area contributed by atoms with Crippen molar-refractivity contribution in [1.82, 2.24) is 0 Å². The summed E-state index contributed by atoms with van der Waals surface area (Å²) in [5.41, 5.74) is 10.6. The molecule has 6 aromatic carbocycles. The first-order chi connectivity index (χ1) is 18.7. The maximum Gasteiger partial charge on any atom is 4.00 e. The van der Waals surface area contributed by atoms with Crippen molar-refractivity contribution >= 4 is 21.5 Å². The van der Waals surface area contributed by atoms with Crippen LogP contribution in [0, 0.1) is 14.9 Å². The summed E-state index contributed by atoms with van der Waals surface area (Å²) in [5, 5.41) is 5.30. The first-order valence-corrected chi connectivity index (χ1v) is 14.3. The molecule has 0 aliphatic rings. The molecule has 1 heteroatoms. The quantitative estimate of drug-likeness (QED) is 0.119. The van der Waals surface area contributed by atoms with Crippen LogP contribution in [0.1, 0.15) is 75.6 Å². The van der Waals surface area contributed by atoms with Gasteiger partial charge in [0.2, 0.25) is 0 Å². The fourth-order valence-electron chi connectivity index (χ4n) is 5.99. The van der Waals surface area contributed by atoms with Crippen LogP contribution < -0.4 is 0 Å². The Morgan fingerprint density at radius 3 is 1.29 bits per heavy atom. The Labute approximate surface area is 273 Å². The first kappa shape index (κ1) is 33.5. The summed E-state index contributed by atoms with van der Waals surface area (Å²) >= 11 is 0. The van der Waals surface area contributed by atoms with E-state index in [1.807, 2.05) is 0 Å². The van der Waals surface area contributed by atoms with Crippen LogP contribution in [0.4, 0.5) is 0 Å². The van der Waals surface area contributed by atoms with Gasteiger partial charge in [0.15, 0.2) is 0 Å². The van der Waals surface area contributed by atoms with Crippen LogP contribution in [0.15, 0.2) is 109 Å². The fourth-order valence-corrected chi connectivity index (χ4v) is 5.99. The van der Waals surface area contributed by atoms with Gasteiger partial charge in [-0.25, -0.2) is 0 Å². The zero-order valence-corrected chi connectivity index (χ0v) is 30.1. The van der Waals surface area contributed by atoms with E-state index in [0.29, 0.717) is 11.8 Å². The van der Waals surface area contributed by atoms with Gasteiger partial charge in [0.25, 0.3) is 0 Å². The summed E-state index contributed by atoms with van der Waals surface area (Å²) < 4.78 is 0. The summed E-state index contributed by atoms with van der Waals surface area (Å²) in [6.45, 7) is 13.8. The predicted octanol–water partition coefficient (Wildman–Crippen LogP) is 12.2. The SMILES string of the molecule is CC(C)c1cccc(-c2cccc3[cH-]c(C(C)(C)c4cc5c(-c6cccc(C(C)C)c6)cccc5[cH-]4)cc23)c1.[CH3-].[CH3-].[Hf+4]. The Bertz CT molecular complexity index is 1660. The van der Waals surface area contributed by atoms with E-state index in [4.69, 9.17) is 0 Å². The molecule has 0 bridgehead atoms. The molecule has 0 radical (unpaired) electrons. The molecule has 0 saturated carbocycles. The van der Waals surface area contributed by atoms with Crippen molar-refractivity contribution in [3.05, 3.63) is 146 Å². The summed E-state index contributed by atoms with van der Waals surface area (Å²) in [6, 6.07) is 41.2. The zero-order valence-electron chi connectivity index (χ0n) is 26.5. The smallest absolute Gasteiger partial charge is 0.358 e. The van der Waals surface area contributed by atoms with Gasteiger partial charge in [-0.3, -0.25) is 0 Å². The van der Waals surface area contributed by atoms with Crippen molar-refractivity contribution < 1.29 is 25.8 Å². The average molecular weight is 715 g/mol. The third kappa shape index (κ3) is 6.04. The first-order valence-electron chi connectivity index (χ1n) is 14.3. The van der Waals surface area contributed by atoms with Gasteiger partial charge in [-0.1, -0.05) is 113 Å². The van der Waals surface area contributed by atoms with E-state index in [1.54, 1.807) is 0 Å². The minimum absolute atomic E-state index is 0. The predicted molar refractivity (Wildman–Crippen MR) is 183 cm³/mol. The van der Waals surface area contributed by atoms with Crippen LogP contribution in [0.5, 0.6) is 0 Å². The molecule has 6 aromatic rings. The van der Waals surface area contributed by atoms with Gasteiger partial charge in [-0.15, -0.1) is 69.1 Å². The van der Waals surface area contributed by atoms with Crippen molar-refractivity contribution in [2.24, 2.45) is 0 Å². The molecule has 0 amide bonds. The van der Waals surface area contributed by atoms with Gasteiger partial charge in [0, 0.05) is 0 Å². The second kappa shape index (κ2) is 13.1. The Balaban J connectivity index is 0.00000161. The van der Waals surface area contributed by atoms with Gasteiger partial charge in [0.1, 0.15) is 0 Å². The summed E-state index contributed by atoms with van der Waals surface area (Å²) in [7, 11) is 0. The van der Waals surface area contributed by atoms with Crippen LogP contribution in [-0.2, 0) is 31.3 Å². The summed E-state index contributed by atoms with van der Waals surface area (Å²) in [4.78, 5) is 0. The van der Waals surface area contributed by atoms with Crippen molar-refractivity contribution in [1.29, 1.82) is 0 Å². The largest absolute Gasteiger partial charge is 4.00 e. The van der Waals surface area contributed by atoms with Gasteiger partial charge >= 0.3 is 25.8 Å². The second-order valence-corrected chi connectivity index (χ2v) is 12.3. The molecule has 0 spiro atoms. The Morgan fingerprint density at radius 2 is 0.905 bits per heavy atom. The monoisotopic (exact) mass is 716 g/mol. The number of rotatable bonds is 6. The molecule has 0 aliphatic heterocycles.